The van der Waals surface area contributed by atoms with E-state index in [2.05, 4.69) is 10.3 Å². The summed E-state index contributed by atoms with van der Waals surface area (Å²) in [5.41, 5.74) is -0.382. The molecule has 0 aliphatic heterocycles. The molecule has 0 amide bonds. The van der Waals surface area contributed by atoms with Crippen LogP contribution in [0, 0.1) is 15.9 Å². The molecule has 0 atom stereocenters. The van der Waals surface area contributed by atoms with E-state index in [-0.39, 0.29) is 11.4 Å². The molecule has 0 N–H and O–H groups in total. The second-order valence-corrected chi connectivity index (χ2v) is 3.10. The molecule has 0 aliphatic rings. The van der Waals surface area contributed by atoms with Crippen LogP contribution in [0.1, 0.15) is 10.5 Å². The van der Waals surface area contributed by atoms with Gasteiger partial charge in [-0.2, -0.15) is 0 Å². The number of rotatable bonds is 3. The van der Waals surface area contributed by atoms with Crippen LogP contribution in [0.2, 0.25) is 0 Å². The van der Waals surface area contributed by atoms with Crippen LogP contribution in [0.25, 0.3) is 5.69 Å². The smallest absolute Gasteiger partial charge is 0.296 e. The minimum Gasteiger partial charge on any atom is -0.296 e. The van der Waals surface area contributed by atoms with Gasteiger partial charge in [0, 0.05) is 0 Å². The first-order chi connectivity index (χ1) is 8.11. The summed E-state index contributed by atoms with van der Waals surface area (Å²) < 4.78 is 13.9. The van der Waals surface area contributed by atoms with Gasteiger partial charge in [0.25, 0.3) is 5.69 Å². The summed E-state index contributed by atoms with van der Waals surface area (Å²) in [5, 5.41) is 17.7. The third-order valence-electron chi connectivity index (χ3n) is 2.01. The molecule has 2 aromatic rings. The number of nitro benzene ring substituents is 1. The number of nitrogens with zero attached hydrogens (tertiary/aromatic N) is 4. The number of hydrogen-bond acceptors (Lipinski definition) is 5. The van der Waals surface area contributed by atoms with Crippen molar-refractivity contribution in [3.8, 4) is 5.69 Å². The highest BCUT2D eigenvalue weighted by molar-refractivity contribution is 5.71. The maximum absolute atomic E-state index is 12.9. The Bertz CT molecular complexity index is 596. The largest absolute Gasteiger partial charge is 0.297 e. The Hall–Kier alpha value is -2.64. The molecule has 0 unspecified atom stereocenters. The predicted octanol–water partition coefficient (Wildman–Crippen LogP) is 1.13. The van der Waals surface area contributed by atoms with Gasteiger partial charge in [0.1, 0.15) is 17.2 Å². The van der Waals surface area contributed by atoms with Crippen molar-refractivity contribution in [2.24, 2.45) is 0 Å². The van der Waals surface area contributed by atoms with Crippen LogP contribution >= 0.6 is 0 Å². The van der Waals surface area contributed by atoms with E-state index in [1.165, 1.54) is 12.3 Å². The van der Waals surface area contributed by atoms with Crippen LogP contribution in [0.4, 0.5) is 10.1 Å². The van der Waals surface area contributed by atoms with Crippen molar-refractivity contribution in [2.75, 3.05) is 0 Å². The second-order valence-electron chi connectivity index (χ2n) is 3.10. The molecular formula is C9H5FN4O3. The van der Waals surface area contributed by atoms with Gasteiger partial charge >= 0.3 is 0 Å². The van der Waals surface area contributed by atoms with Gasteiger partial charge in [-0.05, 0) is 12.1 Å². The average Bonchev–Trinajstić information content (AvgIpc) is 2.77. The standard InChI is InChI=1S/C9H5FN4O3/c10-6-1-2-8(9(3-6)14(16)17)13-4-7(5-15)11-12-13/h1-5H. The summed E-state index contributed by atoms with van der Waals surface area (Å²) in [6, 6.07) is 3.03. The van der Waals surface area contributed by atoms with E-state index in [0.717, 1.165) is 16.8 Å². The Kier molecular flexibility index (Phi) is 2.61. The first-order valence-electron chi connectivity index (χ1n) is 4.43. The van der Waals surface area contributed by atoms with Crippen molar-refractivity contribution in [2.45, 2.75) is 0 Å². The van der Waals surface area contributed by atoms with Gasteiger partial charge in [0.2, 0.25) is 0 Å². The molecule has 0 radical (unpaired) electrons. The van der Waals surface area contributed by atoms with Crippen LogP contribution in [0.3, 0.4) is 0 Å². The fourth-order valence-corrected chi connectivity index (χ4v) is 1.29. The molecule has 0 saturated heterocycles. The van der Waals surface area contributed by atoms with Gasteiger partial charge in [-0.1, -0.05) is 5.21 Å². The number of aldehydes is 1. The lowest BCUT2D eigenvalue weighted by Gasteiger charge is -2.01. The Morgan fingerprint density at radius 1 is 1.47 bits per heavy atom. The summed E-state index contributed by atoms with van der Waals surface area (Å²) in [6.45, 7) is 0. The Morgan fingerprint density at radius 3 is 2.82 bits per heavy atom. The van der Waals surface area contributed by atoms with E-state index in [0.29, 0.717) is 6.29 Å². The van der Waals surface area contributed by atoms with E-state index in [9.17, 15) is 19.3 Å². The zero-order valence-electron chi connectivity index (χ0n) is 8.28. The Morgan fingerprint density at radius 2 is 2.24 bits per heavy atom. The molecule has 2 rings (SSSR count). The molecule has 8 heteroatoms. The van der Waals surface area contributed by atoms with E-state index in [1.54, 1.807) is 0 Å². The topological polar surface area (TPSA) is 90.9 Å². The lowest BCUT2D eigenvalue weighted by Crippen LogP contribution is -2.01. The summed E-state index contributed by atoms with van der Waals surface area (Å²) in [6.07, 6.45) is 1.67. The number of aromatic nitrogens is 3. The molecule has 0 fully saturated rings. The van der Waals surface area contributed by atoms with E-state index in [4.69, 9.17) is 0 Å². The Labute approximate surface area is 93.6 Å². The summed E-state index contributed by atoms with van der Waals surface area (Å²) in [7, 11) is 0. The molecule has 86 valence electrons. The van der Waals surface area contributed by atoms with Gasteiger partial charge in [-0.3, -0.25) is 14.9 Å². The quantitative estimate of drug-likeness (QED) is 0.452. The maximum Gasteiger partial charge on any atom is 0.297 e. The highest BCUT2D eigenvalue weighted by Gasteiger charge is 2.17. The van der Waals surface area contributed by atoms with Crippen molar-refractivity contribution >= 4 is 12.0 Å². The van der Waals surface area contributed by atoms with Crippen molar-refractivity contribution < 1.29 is 14.1 Å². The molecule has 0 saturated carbocycles. The van der Waals surface area contributed by atoms with Gasteiger partial charge in [-0.15, -0.1) is 5.10 Å². The first-order valence-corrected chi connectivity index (χ1v) is 4.43. The van der Waals surface area contributed by atoms with Crippen molar-refractivity contribution in [3.63, 3.8) is 0 Å². The van der Waals surface area contributed by atoms with Crippen LogP contribution in [-0.2, 0) is 0 Å². The SMILES string of the molecule is O=Cc1cn(-c2ccc(F)cc2[N+](=O)[O-])nn1. The number of nitro groups is 1. The van der Waals surface area contributed by atoms with Gasteiger partial charge in [0.15, 0.2) is 6.29 Å². The normalized spacial score (nSPS) is 10.2. The predicted molar refractivity (Wildman–Crippen MR) is 53.4 cm³/mol. The molecule has 1 aromatic heterocycles. The van der Waals surface area contributed by atoms with Crippen LogP contribution in [-0.4, -0.2) is 26.2 Å². The lowest BCUT2D eigenvalue weighted by molar-refractivity contribution is -0.384. The highest BCUT2D eigenvalue weighted by atomic mass is 19.1. The molecule has 1 heterocycles. The monoisotopic (exact) mass is 236 g/mol. The summed E-state index contributed by atoms with van der Waals surface area (Å²) in [4.78, 5) is 20.4. The number of benzene rings is 1. The number of carbonyl (C=O) groups excluding carboxylic acids is 1. The molecule has 0 aliphatic carbocycles. The lowest BCUT2D eigenvalue weighted by atomic mass is 10.2. The molecule has 0 bridgehead atoms. The van der Waals surface area contributed by atoms with Crippen molar-refractivity contribution in [1.82, 2.24) is 15.0 Å². The first kappa shape index (κ1) is 10.9. The molecule has 0 spiro atoms. The maximum atomic E-state index is 12.9. The highest BCUT2D eigenvalue weighted by Crippen LogP contribution is 2.22. The van der Waals surface area contributed by atoms with Crippen LogP contribution in [0.15, 0.2) is 24.4 Å². The number of hydrogen-bond donors (Lipinski definition) is 0. The van der Waals surface area contributed by atoms with Crippen molar-refractivity contribution in [1.29, 1.82) is 0 Å². The zero-order chi connectivity index (χ0) is 12.4. The minimum atomic E-state index is -0.735. The van der Waals surface area contributed by atoms with Gasteiger partial charge < -0.3 is 0 Å². The number of halogens is 1. The zero-order valence-corrected chi connectivity index (χ0v) is 8.28. The minimum absolute atomic E-state index is 0.0311. The Balaban J connectivity index is 2.58. The van der Waals surface area contributed by atoms with Crippen LogP contribution in [0.5, 0.6) is 0 Å². The fraction of sp³-hybridized carbons (Fsp3) is 0. The van der Waals surface area contributed by atoms with Gasteiger partial charge in [-0.25, -0.2) is 9.07 Å². The fourth-order valence-electron chi connectivity index (χ4n) is 1.29. The molecule has 7 nitrogen and oxygen atoms in total. The number of carbonyl (C=O) groups is 1. The second kappa shape index (κ2) is 4.08. The van der Waals surface area contributed by atoms with E-state index in [1.807, 2.05) is 0 Å². The molecular weight excluding hydrogens is 231 g/mol. The van der Waals surface area contributed by atoms with Crippen LogP contribution < -0.4 is 0 Å². The van der Waals surface area contributed by atoms with Crippen molar-refractivity contribution in [3.05, 3.63) is 46.0 Å². The third-order valence-corrected chi connectivity index (χ3v) is 2.01. The average molecular weight is 236 g/mol. The summed E-state index contributed by atoms with van der Waals surface area (Å²) in [5.74, 6) is -0.726. The van der Waals surface area contributed by atoms with E-state index >= 15 is 0 Å². The molecule has 1 aromatic carbocycles. The van der Waals surface area contributed by atoms with E-state index < -0.39 is 16.4 Å². The third kappa shape index (κ3) is 2.00. The van der Waals surface area contributed by atoms with Gasteiger partial charge in [0.05, 0.1) is 17.2 Å². The molecule has 17 heavy (non-hydrogen) atoms. The summed E-state index contributed by atoms with van der Waals surface area (Å²) >= 11 is 0.